The minimum absolute atomic E-state index is 0.263. The molecular formula is C14H17FN2O2S. The minimum Gasteiger partial charge on any atom is -0.493 e. The molecule has 0 amide bonds. The summed E-state index contributed by atoms with van der Waals surface area (Å²) in [7, 11) is 1.56. The van der Waals surface area contributed by atoms with Gasteiger partial charge in [-0.3, -0.25) is 4.68 Å². The van der Waals surface area contributed by atoms with Crippen LogP contribution < -0.4 is 4.74 Å². The van der Waals surface area contributed by atoms with Gasteiger partial charge in [0.1, 0.15) is 17.6 Å². The molecule has 4 nitrogen and oxygen atoms in total. The Balaban J connectivity index is 2.06. The Kier molecular flexibility index (Phi) is 5.03. The number of methoxy groups -OCH3 is 1. The van der Waals surface area contributed by atoms with E-state index < -0.39 is 6.10 Å². The number of benzene rings is 1. The predicted octanol–water partition coefficient (Wildman–Crippen LogP) is 2.88. The van der Waals surface area contributed by atoms with Crippen LogP contribution in [-0.2, 0) is 6.54 Å². The van der Waals surface area contributed by atoms with E-state index in [1.807, 2.05) is 6.92 Å². The summed E-state index contributed by atoms with van der Waals surface area (Å²) in [4.78, 5) is 0.909. The quantitative estimate of drug-likeness (QED) is 0.833. The van der Waals surface area contributed by atoms with Gasteiger partial charge < -0.3 is 9.84 Å². The molecule has 0 saturated carbocycles. The maximum absolute atomic E-state index is 12.8. The van der Waals surface area contributed by atoms with Gasteiger partial charge in [0, 0.05) is 17.2 Å². The molecule has 1 aromatic carbocycles. The average molecular weight is 296 g/mol. The van der Waals surface area contributed by atoms with Crippen LogP contribution in [0.2, 0.25) is 0 Å². The van der Waals surface area contributed by atoms with Crippen LogP contribution in [0, 0.1) is 5.82 Å². The third-order valence-corrected chi connectivity index (χ3v) is 3.99. The van der Waals surface area contributed by atoms with Crippen molar-refractivity contribution in [1.82, 2.24) is 9.78 Å². The first-order valence-corrected chi connectivity index (χ1v) is 7.30. The van der Waals surface area contributed by atoms with Gasteiger partial charge >= 0.3 is 0 Å². The molecule has 1 unspecified atom stereocenters. The molecule has 2 aromatic rings. The highest BCUT2D eigenvalue weighted by molar-refractivity contribution is 7.99. The van der Waals surface area contributed by atoms with E-state index in [4.69, 9.17) is 4.74 Å². The maximum atomic E-state index is 12.8. The van der Waals surface area contributed by atoms with Gasteiger partial charge in [-0.1, -0.05) is 0 Å². The fourth-order valence-corrected chi connectivity index (χ4v) is 2.74. The van der Waals surface area contributed by atoms with E-state index in [0.717, 1.165) is 4.90 Å². The van der Waals surface area contributed by atoms with Crippen molar-refractivity contribution >= 4 is 11.8 Å². The standard InChI is InChI=1S/C14H17FN2O2S/c1-3-17-14(13(19-2)8-16-17)12(18)9-20-11-6-4-10(15)5-7-11/h4-8,12,18H,3,9H2,1-2H3. The van der Waals surface area contributed by atoms with Crippen molar-refractivity contribution in [2.75, 3.05) is 12.9 Å². The van der Waals surface area contributed by atoms with Crippen molar-refractivity contribution in [1.29, 1.82) is 0 Å². The van der Waals surface area contributed by atoms with Crippen LogP contribution in [0.1, 0.15) is 18.7 Å². The van der Waals surface area contributed by atoms with Crippen molar-refractivity contribution in [2.45, 2.75) is 24.5 Å². The second-order valence-electron chi connectivity index (χ2n) is 4.19. The zero-order valence-corrected chi connectivity index (χ0v) is 12.2. The van der Waals surface area contributed by atoms with Crippen molar-refractivity contribution < 1.29 is 14.2 Å². The fraction of sp³-hybridized carbons (Fsp3) is 0.357. The van der Waals surface area contributed by atoms with E-state index in [-0.39, 0.29) is 5.82 Å². The molecule has 108 valence electrons. The van der Waals surface area contributed by atoms with Crippen molar-refractivity contribution in [3.8, 4) is 5.75 Å². The molecular weight excluding hydrogens is 279 g/mol. The Labute approximate surface area is 121 Å². The van der Waals surface area contributed by atoms with Crippen LogP contribution in [0.3, 0.4) is 0 Å². The van der Waals surface area contributed by atoms with Crippen molar-refractivity contribution in [3.05, 3.63) is 42.0 Å². The number of rotatable bonds is 6. The van der Waals surface area contributed by atoms with Crippen molar-refractivity contribution in [2.24, 2.45) is 0 Å². The first kappa shape index (κ1) is 14.9. The van der Waals surface area contributed by atoms with Gasteiger partial charge in [0.25, 0.3) is 0 Å². The fourth-order valence-electron chi connectivity index (χ4n) is 1.91. The molecule has 0 aliphatic heterocycles. The summed E-state index contributed by atoms with van der Waals surface area (Å²) in [5.74, 6) is 0.771. The number of halogens is 1. The lowest BCUT2D eigenvalue weighted by Crippen LogP contribution is -2.11. The van der Waals surface area contributed by atoms with Crippen LogP contribution in [-0.4, -0.2) is 27.7 Å². The molecule has 20 heavy (non-hydrogen) atoms. The molecule has 1 atom stereocenters. The number of hydrogen-bond donors (Lipinski definition) is 1. The lowest BCUT2D eigenvalue weighted by molar-refractivity contribution is 0.187. The second kappa shape index (κ2) is 6.76. The Morgan fingerprint density at radius 1 is 1.40 bits per heavy atom. The van der Waals surface area contributed by atoms with Gasteiger partial charge in [0.05, 0.1) is 13.3 Å². The number of aliphatic hydroxyl groups excluding tert-OH is 1. The summed E-state index contributed by atoms with van der Waals surface area (Å²) in [6.07, 6.45) is 0.910. The molecule has 0 saturated heterocycles. The normalized spacial score (nSPS) is 12.4. The highest BCUT2D eigenvalue weighted by Crippen LogP contribution is 2.30. The SMILES string of the molecule is CCn1ncc(OC)c1C(O)CSc1ccc(F)cc1. The summed E-state index contributed by atoms with van der Waals surface area (Å²) in [5.41, 5.74) is 0.671. The van der Waals surface area contributed by atoms with E-state index in [1.54, 1.807) is 30.1 Å². The minimum atomic E-state index is -0.692. The highest BCUT2D eigenvalue weighted by Gasteiger charge is 2.19. The first-order chi connectivity index (χ1) is 9.65. The number of nitrogens with zero attached hydrogens (tertiary/aromatic N) is 2. The summed E-state index contributed by atoms with van der Waals surface area (Å²) < 4.78 is 19.8. The van der Waals surface area contributed by atoms with Crippen LogP contribution in [0.15, 0.2) is 35.4 Å². The molecule has 1 aromatic heterocycles. The van der Waals surface area contributed by atoms with Gasteiger partial charge in [-0.25, -0.2) is 4.39 Å². The highest BCUT2D eigenvalue weighted by atomic mass is 32.2. The topological polar surface area (TPSA) is 47.3 Å². The Bertz CT molecular complexity index is 535. The van der Waals surface area contributed by atoms with Gasteiger partial charge in [-0.05, 0) is 31.2 Å². The largest absolute Gasteiger partial charge is 0.493 e. The molecule has 0 spiro atoms. The van der Waals surface area contributed by atoms with E-state index >= 15 is 0 Å². The van der Waals surface area contributed by atoms with Gasteiger partial charge in [0.15, 0.2) is 5.75 Å². The number of aryl methyl sites for hydroxylation is 1. The van der Waals surface area contributed by atoms with E-state index in [2.05, 4.69) is 5.10 Å². The molecule has 0 radical (unpaired) electrons. The molecule has 0 bridgehead atoms. The lowest BCUT2D eigenvalue weighted by atomic mass is 10.2. The van der Waals surface area contributed by atoms with Gasteiger partial charge in [-0.15, -0.1) is 11.8 Å². The monoisotopic (exact) mass is 296 g/mol. The van der Waals surface area contributed by atoms with Gasteiger partial charge in [0.2, 0.25) is 0 Å². The van der Waals surface area contributed by atoms with Crippen molar-refractivity contribution in [3.63, 3.8) is 0 Å². The second-order valence-corrected chi connectivity index (χ2v) is 5.29. The molecule has 6 heteroatoms. The number of thioether (sulfide) groups is 1. The summed E-state index contributed by atoms with van der Waals surface area (Å²) in [6.45, 7) is 2.62. The zero-order valence-electron chi connectivity index (χ0n) is 11.4. The Hall–Kier alpha value is -1.53. The maximum Gasteiger partial charge on any atom is 0.162 e. The van der Waals surface area contributed by atoms with E-state index in [1.165, 1.54) is 23.9 Å². The number of ether oxygens (including phenoxy) is 1. The number of aromatic nitrogens is 2. The Morgan fingerprint density at radius 2 is 2.10 bits per heavy atom. The first-order valence-electron chi connectivity index (χ1n) is 6.31. The third-order valence-electron chi connectivity index (χ3n) is 2.90. The Morgan fingerprint density at radius 3 is 2.70 bits per heavy atom. The number of aliphatic hydroxyl groups is 1. The van der Waals surface area contributed by atoms with Crippen LogP contribution >= 0.6 is 11.8 Å². The third kappa shape index (κ3) is 3.32. The summed E-state index contributed by atoms with van der Waals surface area (Å²) in [6, 6.07) is 6.21. The molecule has 1 heterocycles. The summed E-state index contributed by atoms with van der Waals surface area (Å²) in [5, 5.41) is 14.5. The average Bonchev–Trinajstić information content (AvgIpc) is 2.89. The van der Waals surface area contributed by atoms with Crippen LogP contribution in [0.25, 0.3) is 0 Å². The molecule has 1 N–H and O–H groups in total. The van der Waals surface area contributed by atoms with E-state index in [9.17, 15) is 9.50 Å². The molecule has 2 rings (SSSR count). The number of hydrogen-bond acceptors (Lipinski definition) is 4. The van der Waals surface area contributed by atoms with Crippen LogP contribution in [0.4, 0.5) is 4.39 Å². The van der Waals surface area contributed by atoms with Crippen LogP contribution in [0.5, 0.6) is 5.75 Å². The molecule has 0 aliphatic rings. The zero-order chi connectivity index (χ0) is 14.5. The smallest absolute Gasteiger partial charge is 0.162 e. The van der Waals surface area contributed by atoms with Gasteiger partial charge in [-0.2, -0.15) is 5.10 Å². The molecule has 0 fully saturated rings. The molecule has 0 aliphatic carbocycles. The lowest BCUT2D eigenvalue weighted by Gasteiger charge is -2.14. The van der Waals surface area contributed by atoms with E-state index in [0.29, 0.717) is 23.7 Å². The predicted molar refractivity (Wildman–Crippen MR) is 76.5 cm³/mol. The summed E-state index contributed by atoms with van der Waals surface area (Å²) >= 11 is 1.46.